The van der Waals surface area contributed by atoms with Gasteiger partial charge in [0.05, 0.1) is 24.3 Å². The number of nitrogens with zero attached hydrogens (tertiary/aromatic N) is 3. The first-order chi connectivity index (χ1) is 8.62. The van der Waals surface area contributed by atoms with Crippen LogP contribution in [0.5, 0.6) is 0 Å². The van der Waals surface area contributed by atoms with Crippen LogP contribution in [-0.4, -0.2) is 30.4 Å². The van der Waals surface area contributed by atoms with E-state index in [-0.39, 0.29) is 4.90 Å². The summed E-state index contributed by atoms with van der Waals surface area (Å²) in [6.07, 6.45) is 5.44. The van der Waals surface area contributed by atoms with E-state index in [1.54, 1.807) is 25.4 Å². The van der Waals surface area contributed by atoms with Gasteiger partial charge in [-0.2, -0.15) is 0 Å². The maximum atomic E-state index is 12.0. The quantitative estimate of drug-likeness (QED) is 0.845. The number of nitrogens with one attached hydrogen (secondary N) is 2. The Morgan fingerprint density at radius 2 is 1.89 bits per heavy atom. The minimum atomic E-state index is -3.68. The first-order valence-electron chi connectivity index (χ1n) is 5.04. The molecule has 0 atom stereocenters. The minimum absolute atomic E-state index is 0.00893. The van der Waals surface area contributed by atoms with E-state index in [0.717, 1.165) is 0 Å². The van der Waals surface area contributed by atoms with Crippen LogP contribution in [0.1, 0.15) is 0 Å². The topological polar surface area (TPSA) is 96.9 Å². The van der Waals surface area contributed by atoms with E-state index in [1.807, 2.05) is 0 Å². The first kappa shape index (κ1) is 12.2. The van der Waals surface area contributed by atoms with Crippen LogP contribution < -0.4 is 10.0 Å². The third-order valence-corrected chi connectivity index (χ3v) is 3.41. The Balaban J connectivity index is 2.25. The van der Waals surface area contributed by atoms with Crippen molar-refractivity contribution in [2.24, 2.45) is 0 Å². The Bertz CT molecular complexity index is 612. The van der Waals surface area contributed by atoms with Gasteiger partial charge in [-0.15, -0.1) is 0 Å². The van der Waals surface area contributed by atoms with Crippen LogP contribution >= 0.6 is 0 Å². The minimum Gasteiger partial charge on any atom is -0.357 e. The van der Waals surface area contributed by atoms with Crippen molar-refractivity contribution in [3.8, 4) is 0 Å². The standard InChI is InChI=1S/C10H11N5O2S/c1-11-10-13-6-9(7-14-10)18(16,17)15-8-3-2-4-12-5-8/h2-7,15H,1H3,(H,11,13,14). The molecule has 7 nitrogen and oxygen atoms in total. The molecule has 8 heteroatoms. The SMILES string of the molecule is CNc1ncc(S(=O)(=O)Nc2cccnc2)cn1. The van der Waals surface area contributed by atoms with E-state index in [2.05, 4.69) is 25.0 Å². The zero-order chi connectivity index (χ0) is 13.0. The van der Waals surface area contributed by atoms with Crippen molar-refractivity contribution in [2.45, 2.75) is 4.90 Å². The number of rotatable bonds is 4. The summed E-state index contributed by atoms with van der Waals surface area (Å²) in [5.41, 5.74) is 0.384. The molecule has 94 valence electrons. The van der Waals surface area contributed by atoms with E-state index in [4.69, 9.17) is 0 Å². The van der Waals surface area contributed by atoms with Crippen molar-refractivity contribution in [2.75, 3.05) is 17.1 Å². The second-order valence-corrected chi connectivity index (χ2v) is 5.02. The Labute approximate surface area is 104 Å². The summed E-state index contributed by atoms with van der Waals surface area (Å²) in [5.74, 6) is 0.357. The molecule has 0 aliphatic heterocycles. The third kappa shape index (κ3) is 2.72. The number of aromatic nitrogens is 3. The highest BCUT2D eigenvalue weighted by atomic mass is 32.2. The van der Waals surface area contributed by atoms with Crippen molar-refractivity contribution in [1.82, 2.24) is 15.0 Å². The molecular weight excluding hydrogens is 254 g/mol. The fourth-order valence-electron chi connectivity index (χ4n) is 1.22. The molecule has 18 heavy (non-hydrogen) atoms. The average Bonchev–Trinajstić information content (AvgIpc) is 2.39. The van der Waals surface area contributed by atoms with Crippen molar-refractivity contribution in [3.63, 3.8) is 0 Å². The lowest BCUT2D eigenvalue weighted by atomic mass is 10.4. The maximum Gasteiger partial charge on any atom is 0.265 e. The van der Waals surface area contributed by atoms with Gasteiger partial charge in [-0.25, -0.2) is 18.4 Å². The van der Waals surface area contributed by atoms with E-state index < -0.39 is 10.0 Å². The van der Waals surface area contributed by atoms with Gasteiger partial charge in [0.1, 0.15) is 4.90 Å². The molecule has 0 amide bonds. The van der Waals surface area contributed by atoms with E-state index in [0.29, 0.717) is 11.6 Å². The Hall–Kier alpha value is -2.22. The summed E-state index contributed by atoms with van der Waals surface area (Å²) >= 11 is 0. The normalized spacial score (nSPS) is 10.9. The molecule has 0 saturated heterocycles. The molecule has 0 spiro atoms. The first-order valence-corrected chi connectivity index (χ1v) is 6.53. The van der Waals surface area contributed by atoms with Crippen LogP contribution in [-0.2, 0) is 10.0 Å². The largest absolute Gasteiger partial charge is 0.357 e. The van der Waals surface area contributed by atoms with Gasteiger partial charge in [0.25, 0.3) is 10.0 Å². The van der Waals surface area contributed by atoms with Crippen LogP contribution in [0.4, 0.5) is 11.6 Å². The number of hydrogen-bond donors (Lipinski definition) is 2. The summed E-state index contributed by atoms with van der Waals surface area (Å²) in [6.45, 7) is 0. The fraction of sp³-hybridized carbons (Fsp3) is 0.100. The monoisotopic (exact) mass is 265 g/mol. The maximum absolute atomic E-state index is 12.0. The molecule has 2 heterocycles. The van der Waals surface area contributed by atoms with Crippen LogP contribution in [0.2, 0.25) is 0 Å². The van der Waals surface area contributed by atoms with Crippen molar-refractivity contribution in [1.29, 1.82) is 0 Å². The smallest absolute Gasteiger partial charge is 0.265 e. The summed E-state index contributed by atoms with van der Waals surface area (Å²) in [4.78, 5) is 11.5. The van der Waals surface area contributed by atoms with Gasteiger partial charge < -0.3 is 5.32 Å². The molecule has 0 aliphatic rings. The van der Waals surface area contributed by atoms with Gasteiger partial charge in [0, 0.05) is 13.2 Å². The van der Waals surface area contributed by atoms with Gasteiger partial charge in [-0.05, 0) is 12.1 Å². The fourth-order valence-corrected chi connectivity index (χ4v) is 2.15. The van der Waals surface area contributed by atoms with Crippen LogP contribution in [0.15, 0.2) is 41.8 Å². The van der Waals surface area contributed by atoms with Crippen LogP contribution in [0, 0.1) is 0 Å². The van der Waals surface area contributed by atoms with Gasteiger partial charge >= 0.3 is 0 Å². The molecule has 2 rings (SSSR count). The highest BCUT2D eigenvalue weighted by Gasteiger charge is 2.15. The summed E-state index contributed by atoms with van der Waals surface area (Å²) < 4.78 is 26.3. The molecule has 2 aromatic rings. The van der Waals surface area contributed by atoms with Crippen molar-refractivity contribution >= 4 is 21.7 Å². The Kier molecular flexibility index (Phi) is 3.38. The Morgan fingerprint density at radius 3 is 2.44 bits per heavy atom. The zero-order valence-electron chi connectivity index (χ0n) is 9.53. The van der Waals surface area contributed by atoms with Gasteiger partial charge in [-0.3, -0.25) is 9.71 Å². The lowest BCUT2D eigenvalue weighted by Crippen LogP contribution is -2.14. The highest BCUT2D eigenvalue weighted by Crippen LogP contribution is 2.13. The van der Waals surface area contributed by atoms with E-state index >= 15 is 0 Å². The third-order valence-electron chi connectivity index (χ3n) is 2.08. The summed E-state index contributed by atoms with van der Waals surface area (Å²) in [6, 6.07) is 3.24. The summed E-state index contributed by atoms with van der Waals surface area (Å²) in [5, 5.41) is 2.71. The number of anilines is 2. The molecule has 0 fully saturated rings. The van der Waals surface area contributed by atoms with Crippen molar-refractivity contribution in [3.05, 3.63) is 36.9 Å². The molecule has 0 radical (unpaired) electrons. The average molecular weight is 265 g/mol. The van der Waals surface area contributed by atoms with E-state index in [9.17, 15) is 8.42 Å². The predicted octanol–water partition coefficient (Wildman–Crippen LogP) is 0.714. The lowest BCUT2D eigenvalue weighted by molar-refractivity contribution is 0.600. The van der Waals surface area contributed by atoms with Crippen LogP contribution in [0.25, 0.3) is 0 Å². The number of pyridine rings is 1. The van der Waals surface area contributed by atoms with Gasteiger partial charge in [-0.1, -0.05) is 0 Å². The van der Waals surface area contributed by atoms with Crippen LogP contribution in [0.3, 0.4) is 0 Å². The van der Waals surface area contributed by atoms with Gasteiger partial charge in [0.15, 0.2) is 0 Å². The second kappa shape index (κ2) is 4.96. The van der Waals surface area contributed by atoms with E-state index in [1.165, 1.54) is 18.6 Å². The lowest BCUT2D eigenvalue weighted by Gasteiger charge is -2.07. The molecule has 0 bridgehead atoms. The molecule has 2 N–H and O–H groups in total. The zero-order valence-corrected chi connectivity index (χ0v) is 10.3. The predicted molar refractivity (Wildman–Crippen MR) is 66.6 cm³/mol. The number of sulfonamides is 1. The van der Waals surface area contributed by atoms with Gasteiger partial charge in [0.2, 0.25) is 5.95 Å². The second-order valence-electron chi connectivity index (χ2n) is 3.34. The molecule has 0 saturated carbocycles. The summed E-state index contributed by atoms with van der Waals surface area (Å²) in [7, 11) is -2.03. The Morgan fingerprint density at radius 1 is 1.17 bits per heavy atom. The molecule has 0 aliphatic carbocycles. The number of hydrogen-bond acceptors (Lipinski definition) is 6. The molecule has 0 unspecified atom stereocenters. The molecule has 2 aromatic heterocycles. The highest BCUT2D eigenvalue weighted by molar-refractivity contribution is 7.92. The molecular formula is C10H11N5O2S. The molecule has 0 aromatic carbocycles. The van der Waals surface area contributed by atoms with Crippen molar-refractivity contribution < 1.29 is 8.42 Å².